The molecule has 2 aromatic carbocycles. The Kier molecular flexibility index (Phi) is 6.48. The van der Waals surface area contributed by atoms with Gasteiger partial charge in [-0.15, -0.1) is 0 Å². The van der Waals surface area contributed by atoms with Gasteiger partial charge in [0.15, 0.2) is 0 Å². The maximum Gasteiger partial charge on any atom is 0.325 e. The Bertz CT molecular complexity index is 1010. The second kappa shape index (κ2) is 9.07. The molecule has 1 saturated heterocycles. The van der Waals surface area contributed by atoms with Crippen LogP contribution < -0.4 is 20.1 Å². The molecule has 2 N–H and O–H groups in total. The van der Waals surface area contributed by atoms with Crippen molar-refractivity contribution < 1.29 is 23.9 Å². The molecule has 1 atom stereocenters. The molecule has 1 heterocycles. The molecule has 2 aromatic rings. The van der Waals surface area contributed by atoms with Gasteiger partial charge in [-0.1, -0.05) is 25.1 Å². The number of amides is 4. The third kappa shape index (κ3) is 4.19. The minimum Gasteiger partial charge on any atom is -0.496 e. The van der Waals surface area contributed by atoms with Crippen LogP contribution in [0.5, 0.6) is 11.5 Å². The Labute approximate surface area is 181 Å². The second-order valence-electron chi connectivity index (χ2n) is 7.24. The van der Waals surface area contributed by atoms with Gasteiger partial charge in [-0.2, -0.15) is 0 Å². The zero-order valence-electron chi connectivity index (χ0n) is 18.2. The van der Waals surface area contributed by atoms with E-state index in [0.717, 1.165) is 10.5 Å². The van der Waals surface area contributed by atoms with Crippen molar-refractivity contribution in [1.82, 2.24) is 10.2 Å². The van der Waals surface area contributed by atoms with Crippen LogP contribution in [0, 0.1) is 6.92 Å². The van der Waals surface area contributed by atoms with E-state index in [1.165, 1.54) is 0 Å². The first-order chi connectivity index (χ1) is 14.9. The molecule has 1 aliphatic rings. The Balaban J connectivity index is 1.81. The lowest BCUT2D eigenvalue weighted by Crippen LogP contribution is -2.44. The summed E-state index contributed by atoms with van der Waals surface area (Å²) in [6.45, 7) is 5.58. The van der Waals surface area contributed by atoms with Crippen molar-refractivity contribution in [3.63, 3.8) is 0 Å². The van der Waals surface area contributed by atoms with Crippen molar-refractivity contribution >= 4 is 23.5 Å². The van der Waals surface area contributed by atoms with E-state index in [0.29, 0.717) is 35.8 Å². The number of nitrogens with zero attached hydrogens (tertiary/aromatic N) is 1. The van der Waals surface area contributed by atoms with Gasteiger partial charge >= 0.3 is 6.03 Å². The first-order valence-electron chi connectivity index (χ1n) is 10.2. The standard InChI is InChI=1S/C23H27N3O5/c1-5-23(16-11-12-18(30-4)15(3)13-16)21(28)26(22(29)25-23)14-20(27)24-17-9-7-8-10-19(17)31-6-2/h7-13H,5-6,14H2,1-4H3,(H,24,27)(H,25,29). The molecule has 1 aliphatic heterocycles. The smallest absolute Gasteiger partial charge is 0.325 e. The van der Waals surface area contributed by atoms with Gasteiger partial charge in [0, 0.05) is 0 Å². The number of hydrogen-bond donors (Lipinski definition) is 2. The molecule has 31 heavy (non-hydrogen) atoms. The third-order valence-electron chi connectivity index (χ3n) is 5.36. The number of aryl methyl sites for hydroxylation is 1. The summed E-state index contributed by atoms with van der Waals surface area (Å²) >= 11 is 0. The molecule has 1 unspecified atom stereocenters. The van der Waals surface area contributed by atoms with Crippen LogP contribution in [-0.4, -0.2) is 43.0 Å². The number of ether oxygens (including phenoxy) is 2. The first kappa shape index (κ1) is 22.1. The summed E-state index contributed by atoms with van der Waals surface area (Å²) in [4.78, 5) is 39.5. The zero-order valence-corrected chi connectivity index (χ0v) is 18.2. The molecule has 0 spiro atoms. The monoisotopic (exact) mass is 425 g/mol. The number of methoxy groups -OCH3 is 1. The van der Waals surface area contributed by atoms with E-state index < -0.39 is 29.9 Å². The van der Waals surface area contributed by atoms with Crippen LogP contribution >= 0.6 is 0 Å². The van der Waals surface area contributed by atoms with Gasteiger partial charge in [-0.25, -0.2) is 4.79 Å². The molecule has 0 aliphatic carbocycles. The maximum atomic E-state index is 13.3. The number of imide groups is 1. The average Bonchev–Trinajstić information content (AvgIpc) is 3.00. The summed E-state index contributed by atoms with van der Waals surface area (Å²) in [6, 6.07) is 11.7. The van der Waals surface area contributed by atoms with Gasteiger partial charge in [0.25, 0.3) is 5.91 Å². The van der Waals surface area contributed by atoms with E-state index in [9.17, 15) is 14.4 Å². The molecule has 0 saturated carbocycles. The summed E-state index contributed by atoms with van der Waals surface area (Å²) in [6.07, 6.45) is 0.342. The highest BCUT2D eigenvalue weighted by atomic mass is 16.5. The quantitative estimate of drug-likeness (QED) is 0.633. The van der Waals surface area contributed by atoms with E-state index in [4.69, 9.17) is 9.47 Å². The molecule has 4 amide bonds. The largest absolute Gasteiger partial charge is 0.496 e. The Morgan fingerprint density at radius 3 is 2.52 bits per heavy atom. The van der Waals surface area contributed by atoms with Gasteiger partial charge in [-0.3, -0.25) is 14.5 Å². The fourth-order valence-electron chi connectivity index (χ4n) is 3.74. The Morgan fingerprint density at radius 2 is 1.87 bits per heavy atom. The van der Waals surface area contributed by atoms with Gasteiger partial charge in [0.2, 0.25) is 5.91 Å². The lowest BCUT2D eigenvalue weighted by molar-refractivity contribution is -0.134. The average molecular weight is 425 g/mol. The van der Waals surface area contributed by atoms with E-state index >= 15 is 0 Å². The number of hydrogen-bond acceptors (Lipinski definition) is 5. The van der Waals surface area contributed by atoms with Gasteiger partial charge in [0.1, 0.15) is 23.6 Å². The number of anilines is 1. The first-order valence-corrected chi connectivity index (χ1v) is 10.2. The lowest BCUT2D eigenvalue weighted by atomic mass is 9.86. The molecule has 164 valence electrons. The van der Waals surface area contributed by atoms with Crippen LogP contribution in [0.4, 0.5) is 10.5 Å². The Hall–Kier alpha value is -3.55. The van der Waals surface area contributed by atoms with E-state index in [-0.39, 0.29) is 0 Å². The van der Waals surface area contributed by atoms with E-state index in [2.05, 4.69) is 10.6 Å². The van der Waals surface area contributed by atoms with Crippen molar-refractivity contribution in [2.45, 2.75) is 32.7 Å². The van der Waals surface area contributed by atoms with Crippen LogP contribution in [0.15, 0.2) is 42.5 Å². The van der Waals surface area contributed by atoms with Crippen LogP contribution in [0.1, 0.15) is 31.4 Å². The molecule has 0 aromatic heterocycles. The van der Waals surface area contributed by atoms with Crippen molar-refractivity contribution in [2.24, 2.45) is 0 Å². The normalized spacial score (nSPS) is 18.0. The van der Waals surface area contributed by atoms with Crippen molar-refractivity contribution in [3.8, 4) is 11.5 Å². The fraction of sp³-hybridized carbons (Fsp3) is 0.348. The van der Waals surface area contributed by atoms with Crippen LogP contribution in [-0.2, 0) is 15.1 Å². The summed E-state index contributed by atoms with van der Waals surface area (Å²) < 4.78 is 10.8. The molecular formula is C23H27N3O5. The fourth-order valence-corrected chi connectivity index (χ4v) is 3.74. The van der Waals surface area contributed by atoms with Crippen LogP contribution in [0.3, 0.4) is 0 Å². The molecule has 0 bridgehead atoms. The predicted molar refractivity (Wildman–Crippen MR) is 116 cm³/mol. The van der Waals surface area contributed by atoms with Gasteiger partial charge < -0.3 is 20.1 Å². The molecule has 8 heteroatoms. The summed E-state index contributed by atoms with van der Waals surface area (Å²) in [5.74, 6) is 0.259. The molecular weight excluding hydrogens is 398 g/mol. The minimum absolute atomic E-state index is 0.342. The topological polar surface area (TPSA) is 97.0 Å². The van der Waals surface area contributed by atoms with Crippen LogP contribution in [0.2, 0.25) is 0 Å². The van der Waals surface area contributed by atoms with Crippen LogP contribution in [0.25, 0.3) is 0 Å². The van der Waals surface area contributed by atoms with Crippen molar-refractivity contribution in [2.75, 3.05) is 25.6 Å². The van der Waals surface area contributed by atoms with E-state index in [1.54, 1.807) is 43.5 Å². The summed E-state index contributed by atoms with van der Waals surface area (Å²) in [5.41, 5.74) is 0.751. The molecule has 0 radical (unpaired) electrons. The summed E-state index contributed by atoms with van der Waals surface area (Å²) in [7, 11) is 1.57. The number of rotatable bonds is 8. The van der Waals surface area contributed by atoms with Crippen molar-refractivity contribution in [1.29, 1.82) is 0 Å². The maximum absolute atomic E-state index is 13.3. The third-order valence-corrected chi connectivity index (χ3v) is 5.36. The minimum atomic E-state index is -1.22. The highest BCUT2D eigenvalue weighted by Gasteiger charge is 2.51. The number of urea groups is 1. The lowest BCUT2D eigenvalue weighted by Gasteiger charge is -2.26. The second-order valence-corrected chi connectivity index (χ2v) is 7.24. The number of nitrogens with one attached hydrogen (secondary N) is 2. The molecule has 3 rings (SSSR count). The highest BCUT2D eigenvalue weighted by molar-refractivity contribution is 6.10. The Morgan fingerprint density at radius 1 is 1.13 bits per heavy atom. The number of carbonyl (C=O) groups excluding carboxylic acids is 3. The highest BCUT2D eigenvalue weighted by Crippen LogP contribution is 2.34. The zero-order chi connectivity index (χ0) is 22.6. The number of benzene rings is 2. The van der Waals surface area contributed by atoms with Gasteiger partial charge in [-0.05, 0) is 55.7 Å². The SMILES string of the molecule is CCOc1ccccc1NC(=O)CN1C(=O)NC(CC)(c2ccc(OC)c(C)c2)C1=O. The molecule has 1 fully saturated rings. The summed E-state index contributed by atoms with van der Waals surface area (Å²) in [5, 5.41) is 5.51. The predicted octanol–water partition coefficient (Wildman–Crippen LogP) is 3.20. The number of carbonyl (C=O) groups is 3. The van der Waals surface area contributed by atoms with Gasteiger partial charge in [0.05, 0.1) is 19.4 Å². The van der Waals surface area contributed by atoms with E-state index in [1.807, 2.05) is 26.8 Å². The molecule has 8 nitrogen and oxygen atoms in total. The van der Waals surface area contributed by atoms with Crippen molar-refractivity contribution in [3.05, 3.63) is 53.6 Å². The number of para-hydroxylation sites is 2.